The fourth-order valence-corrected chi connectivity index (χ4v) is 6.37. The van der Waals surface area contributed by atoms with Crippen LogP contribution in [0.3, 0.4) is 0 Å². The molecule has 208 valence electrons. The zero-order chi connectivity index (χ0) is 28.1. The van der Waals surface area contributed by atoms with E-state index >= 15 is 4.39 Å². The molecule has 3 aromatic rings. The first-order chi connectivity index (χ1) is 19.3. The Morgan fingerprint density at radius 1 is 1.27 bits per heavy atom. The molecule has 2 aliphatic heterocycles. The lowest BCUT2D eigenvalue weighted by molar-refractivity contribution is -0.148. The van der Waals surface area contributed by atoms with Crippen molar-refractivity contribution in [3.8, 4) is 11.4 Å². The highest BCUT2D eigenvalue weighted by atomic mass is 19.1. The van der Waals surface area contributed by atoms with E-state index in [1.54, 1.807) is 11.5 Å². The van der Waals surface area contributed by atoms with Crippen molar-refractivity contribution in [1.29, 1.82) is 0 Å². The van der Waals surface area contributed by atoms with E-state index in [0.717, 1.165) is 22.1 Å². The number of halogens is 1. The molecule has 6 rings (SSSR count). The van der Waals surface area contributed by atoms with Crippen LogP contribution >= 0.6 is 0 Å². The van der Waals surface area contributed by atoms with Crippen LogP contribution in [0.5, 0.6) is 0 Å². The molecule has 10 nitrogen and oxygen atoms in total. The molecule has 0 saturated heterocycles. The van der Waals surface area contributed by atoms with Gasteiger partial charge in [-0.1, -0.05) is 6.92 Å². The van der Waals surface area contributed by atoms with Crippen LogP contribution in [0.4, 0.5) is 4.39 Å². The number of nitrogens with one attached hydrogen (secondary N) is 2. The number of ether oxygens (including phenoxy) is 2. The Hall–Kier alpha value is -4.12. The van der Waals surface area contributed by atoms with Gasteiger partial charge in [0.25, 0.3) is 5.56 Å². The van der Waals surface area contributed by atoms with E-state index in [2.05, 4.69) is 10.6 Å². The summed E-state index contributed by atoms with van der Waals surface area (Å²) in [6.07, 6.45) is 2.31. The molecule has 0 spiro atoms. The Balaban J connectivity index is 1.44. The summed E-state index contributed by atoms with van der Waals surface area (Å²) in [5.74, 6) is -1.62. The molecule has 2 atom stereocenters. The quantitative estimate of drug-likeness (QED) is 0.150. The van der Waals surface area contributed by atoms with Crippen LogP contribution in [0.15, 0.2) is 16.9 Å². The minimum Gasteiger partial charge on any atom is -0.460 e. The predicted molar refractivity (Wildman–Crippen MR) is 142 cm³/mol. The number of carbonyl (C=O) groups excluding carboxylic acids is 3. The van der Waals surface area contributed by atoms with Crippen molar-refractivity contribution in [2.75, 3.05) is 19.9 Å². The monoisotopic (exact) mass is 548 g/mol. The zero-order valence-electron chi connectivity index (χ0n) is 22.3. The molecular weight excluding hydrogens is 519 g/mol. The predicted octanol–water partition coefficient (Wildman–Crippen LogP) is 2.29. The number of benzene rings is 1. The standard InChI is InChI=1S/C29H29FN4O6/c1-3-16-18-6-23-27-19(9-34(23)28(37)20(18)11-40-29(16)38)25-15(10-39-13-32-24(36)8-31-12-35)4-5-17-14(2)21(30)7-22(33-27)26(17)25/h6-7,12,15-16H,3-5,8-11,13H2,1-2H3,(H,31,35)(H,32,36). The van der Waals surface area contributed by atoms with Crippen molar-refractivity contribution in [2.24, 2.45) is 0 Å². The van der Waals surface area contributed by atoms with Gasteiger partial charge >= 0.3 is 5.97 Å². The van der Waals surface area contributed by atoms with Gasteiger partial charge in [0.15, 0.2) is 0 Å². The highest BCUT2D eigenvalue weighted by Crippen LogP contribution is 2.46. The number of fused-ring (bicyclic) bond motifs is 5. The molecule has 40 heavy (non-hydrogen) atoms. The molecule has 2 N–H and O–H groups in total. The van der Waals surface area contributed by atoms with E-state index in [-0.39, 0.29) is 49.1 Å². The summed E-state index contributed by atoms with van der Waals surface area (Å²) in [4.78, 5) is 53.2. The highest BCUT2D eigenvalue weighted by Gasteiger charge is 2.37. The number of nitrogens with zero attached hydrogens (tertiary/aromatic N) is 2. The lowest BCUT2D eigenvalue weighted by atomic mass is 9.78. The van der Waals surface area contributed by atoms with Crippen molar-refractivity contribution < 1.29 is 28.2 Å². The van der Waals surface area contributed by atoms with Gasteiger partial charge in [-0.15, -0.1) is 0 Å². The van der Waals surface area contributed by atoms with Gasteiger partial charge in [0.05, 0.1) is 48.1 Å². The molecule has 1 aliphatic carbocycles. The van der Waals surface area contributed by atoms with Crippen molar-refractivity contribution in [3.63, 3.8) is 0 Å². The van der Waals surface area contributed by atoms with E-state index in [4.69, 9.17) is 14.5 Å². The Labute approximate surface area is 228 Å². The summed E-state index contributed by atoms with van der Waals surface area (Å²) in [5.41, 5.74) is 6.11. The van der Waals surface area contributed by atoms with Crippen molar-refractivity contribution >= 4 is 29.2 Å². The lowest BCUT2D eigenvalue weighted by Crippen LogP contribution is -2.35. The van der Waals surface area contributed by atoms with Gasteiger partial charge in [0.2, 0.25) is 12.3 Å². The third-order valence-corrected chi connectivity index (χ3v) is 8.35. The van der Waals surface area contributed by atoms with E-state index in [0.29, 0.717) is 72.4 Å². The number of hydrogen-bond acceptors (Lipinski definition) is 7. The van der Waals surface area contributed by atoms with Gasteiger partial charge in [0.1, 0.15) is 19.2 Å². The summed E-state index contributed by atoms with van der Waals surface area (Å²) in [7, 11) is 0. The Bertz CT molecular complexity index is 1650. The topological polar surface area (TPSA) is 129 Å². The van der Waals surface area contributed by atoms with Crippen LogP contribution in [-0.4, -0.2) is 47.7 Å². The molecule has 2 aromatic heterocycles. The van der Waals surface area contributed by atoms with Crippen LogP contribution < -0.4 is 16.2 Å². The fraction of sp³-hybridized carbons (Fsp3) is 0.414. The van der Waals surface area contributed by atoms with Crippen LogP contribution in [0.2, 0.25) is 0 Å². The minimum absolute atomic E-state index is 0.0274. The molecule has 1 aromatic carbocycles. The van der Waals surface area contributed by atoms with Crippen LogP contribution in [0.25, 0.3) is 22.3 Å². The summed E-state index contributed by atoms with van der Waals surface area (Å²) in [6.45, 7) is 4.04. The van der Waals surface area contributed by atoms with Gasteiger partial charge in [-0.05, 0) is 54.5 Å². The highest BCUT2D eigenvalue weighted by molar-refractivity contribution is 5.93. The number of esters is 1. The average molecular weight is 549 g/mol. The number of aryl methyl sites for hydroxylation is 1. The maximum Gasteiger partial charge on any atom is 0.313 e. The van der Waals surface area contributed by atoms with E-state index in [1.807, 2.05) is 13.0 Å². The molecule has 2 amide bonds. The van der Waals surface area contributed by atoms with E-state index in [9.17, 15) is 19.2 Å². The number of rotatable bonds is 8. The second-order valence-electron chi connectivity index (χ2n) is 10.5. The van der Waals surface area contributed by atoms with Crippen molar-refractivity contribution in [1.82, 2.24) is 20.2 Å². The third-order valence-electron chi connectivity index (χ3n) is 8.35. The smallest absolute Gasteiger partial charge is 0.313 e. The van der Waals surface area contributed by atoms with Gasteiger partial charge in [-0.25, -0.2) is 9.37 Å². The number of carbonyl (C=O) groups is 3. The number of hydrogen-bond donors (Lipinski definition) is 2. The molecule has 11 heteroatoms. The third kappa shape index (κ3) is 4.07. The Morgan fingerprint density at radius 3 is 2.88 bits per heavy atom. The van der Waals surface area contributed by atoms with E-state index < -0.39 is 5.92 Å². The van der Waals surface area contributed by atoms with Crippen molar-refractivity contribution in [3.05, 3.63) is 61.7 Å². The molecular formula is C29H29FN4O6. The number of cyclic esters (lactones) is 1. The van der Waals surface area contributed by atoms with Crippen LogP contribution in [-0.2, 0) is 43.4 Å². The van der Waals surface area contributed by atoms with Crippen LogP contribution in [0.1, 0.15) is 65.0 Å². The van der Waals surface area contributed by atoms with Gasteiger partial charge in [0, 0.05) is 22.9 Å². The van der Waals surface area contributed by atoms with Gasteiger partial charge in [-0.2, -0.15) is 0 Å². The summed E-state index contributed by atoms with van der Waals surface area (Å²) in [6, 6.07) is 3.33. The summed E-state index contributed by atoms with van der Waals surface area (Å²) in [5, 5.41) is 5.81. The minimum atomic E-state index is -0.519. The van der Waals surface area contributed by atoms with Crippen molar-refractivity contribution in [2.45, 2.75) is 58.1 Å². The maximum atomic E-state index is 15.0. The molecule has 0 fully saturated rings. The second kappa shape index (κ2) is 10.1. The second-order valence-corrected chi connectivity index (χ2v) is 10.5. The summed E-state index contributed by atoms with van der Waals surface area (Å²) < 4.78 is 27.8. The molecule has 0 radical (unpaired) electrons. The molecule has 0 saturated carbocycles. The maximum absolute atomic E-state index is 15.0. The average Bonchev–Trinajstić information content (AvgIpc) is 3.31. The molecule has 2 unspecified atom stereocenters. The normalized spacial score (nSPS) is 18.5. The number of aromatic nitrogens is 2. The lowest BCUT2D eigenvalue weighted by Gasteiger charge is -2.29. The van der Waals surface area contributed by atoms with Gasteiger partial charge in [-0.3, -0.25) is 19.2 Å². The first-order valence-electron chi connectivity index (χ1n) is 13.4. The SMILES string of the molecule is CCC1C(=O)OCc2c1cc1n(c2=O)Cc2c-1nc1cc(F)c(C)c3c1c2C(COCNC(=O)CNC=O)CC3. The first-order valence-corrected chi connectivity index (χ1v) is 13.4. The molecule has 0 bridgehead atoms. The molecule has 3 aliphatic rings. The first kappa shape index (κ1) is 26.1. The summed E-state index contributed by atoms with van der Waals surface area (Å²) >= 11 is 0. The van der Waals surface area contributed by atoms with E-state index in [1.165, 1.54) is 6.07 Å². The largest absolute Gasteiger partial charge is 0.460 e. The zero-order valence-corrected chi connectivity index (χ0v) is 22.3. The molecule has 4 heterocycles. The van der Waals surface area contributed by atoms with Crippen LogP contribution in [0, 0.1) is 12.7 Å². The fourth-order valence-electron chi connectivity index (χ4n) is 6.37. The van der Waals surface area contributed by atoms with Gasteiger partial charge < -0.3 is 24.7 Å². The number of pyridine rings is 2. The Kier molecular flexibility index (Phi) is 6.61. The Morgan fingerprint density at radius 2 is 2.10 bits per heavy atom. The number of amides is 2.